The van der Waals surface area contributed by atoms with Crippen molar-refractivity contribution in [3.8, 4) is 0 Å². The third-order valence-corrected chi connectivity index (χ3v) is 7.05. The number of carbonyl (C=O) groups is 1. The summed E-state index contributed by atoms with van der Waals surface area (Å²) in [5, 5.41) is 1.41. The summed E-state index contributed by atoms with van der Waals surface area (Å²) in [6.07, 6.45) is 8.60. The number of nitrogens with zero attached hydrogens (tertiary/aromatic N) is 4. The minimum atomic E-state index is -0.245. The number of pyridine rings is 1. The van der Waals surface area contributed by atoms with E-state index in [1.165, 1.54) is 5.69 Å². The SMILES string of the molecule is O=C1c2cccnc2N(CCCN2CCN(c3cccc(Cl)c3)CC2)[C@H]2C=CC(Cl)=C[C@@H]12. The van der Waals surface area contributed by atoms with Gasteiger partial charge in [-0.25, -0.2) is 4.98 Å². The van der Waals surface area contributed by atoms with E-state index < -0.39 is 0 Å². The van der Waals surface area contributed by atoms with Gasteiger partial charge >= 0.3 is 0 Å². The highest BCUT2D eigenvalue weighted by Gasteiger charge is 2.39. The van der Waals surface area contributed by atoms with Crippen LogP contribution in [0.2, 0.25) is 5.02 Å². The molecule has 0 radical (unpaired) electrons. The highest BCUT2D eigenvalue weighted by atomic mass is 35.5. The average molecular weight is 469 g/mol. The van der Waals surface area contributed by atoms with Gasteiger partial charge in [-0.3, -0.25) is 9.69 Å². The second-order valence-electron chi connectivity index (χ2n) is 8.52. The van der Waals surface area contributed by atoms with E-state index in [9.17, 15) is 4.79 Å². The first-order valence-electron chi connectivity index (χ1n) is 11.1. The van der Waals surface area contributed by atoms with Gasteiger partial charge in [-0.15, -0.1) is 0 Å². The van der Waals surface area contributed by atoms with Gasteiger partial charge in [-0.05, 0) is 49.4 Å². The Hall–Kier alpha value is -2.34. The fourth-order valence-corrected chi connectivity index (χ4v) is 5.32. The van der Waals surface area contributed by atoms with Crippen molar-refractivity contribution in [2.75, 3.05) is 49.1 Å². The summed E-state index contributed by atoms with van der Waals surface area (Å²) in [6, 6.07) is 11.8. The maximum absolute atomic E-state index is 13.0. The third-order valence-electron chi connectivity index (χ3n) is 6.57. The molecule has 3 aliphatic rings. The molecule has 166 valence electrons. The first-order valence-corrected chi connectivity index (χ1v) is 11.9. The van der Waals surface area contributed by atoms with E-state index in [1.807, 2.05) is 48.6 Å². The van der Waals surface area contributed by atoms with Crippen molar-refractivity contribution in [3.63, 3.8) is 0 Å². The van der Waals surface area contributed by atoms with E-state index in [0.29, 0.717) is 10.6 Å². The zero-order chi connectivity index (χ0) is 22.1. The lowest BCUT2D eigenvalue weighted by Gasteiger charge is -2.41. The van der Waals surface area contributed by atoms with Gasteiger partial charge in [0, 0.05) is 54.7 Å². The van der Waals surface area contributed by atoms with Crippen molar-refractivity contribution < 1.29 is 4.79 Å². The van der Waals surface area contributed by atoms with Gasteiger partial charge < -0.3 is 9.80 Å². The number of anilines is 2. The number of halogens is 2. The Balaban J connectivity index is 1.21. The van der Waals surface area contributed by atoms with Gasteiger partial charge in [-0.2, -0.15) is 0 Å². The van der Waals surface area contributed by atoms with Crippen LogP contribution in [-0.4, -0.2) is 61.0 Å². The number of benzene rings is 1. The number of carbonyl (C=O) groups excluding carboxylic acids is 1. The summed E-state index contributed by atoms with van der Waals surface area (Å²) in [6.45, 7) is 5.93. The monoisotopic (exact) mass is 468 g/mol. The average Bonchev–Trinajstić information content (AvgIpc) is 2.82. The van der Waals surface area contributed by atoms with E-state index in [4.69, 9.17) is 23.2 Å². The molecule has 0 spiro atoms. The van der Waals surface area contributed by atoms with Crippen molar-refractivity contribution in [2.24, 2.45) is 5.92 Å². The number of allylic oxidation sites excluding steroid dienone is 2. The van der Waals surface area contributed by atoms with Gasteiger partial charge in [0.25, 0.3) is 0 Å². The number of aromatic nitrogens is 1. The first kappa shape index (κ1) is 21.5. The largest absolute Gasteiger partial charge is 0.369 e. The summed E-state index contributed by atoms with van der Waals surface area (Å²) in [5.74, 6) is 0.653. The Morgan fingerprint density at radius 3 is 2.69 bits per heavy atom. The fourth-order valence-electron chi connectivity index (χ4n) is 4.93. The Morgan fingerprint density at radius 2 is 1.88 bits per heavy atom. The number of hydrogen-bond acceptors (Lipinski definition) is 5. The molecule has 0 N–H and O–H groups in total. The molecule has 2 atom stereocenters. The Kier molecular flexibility index (Phi) is 6.22. The molecular formula is C25H26Cl2N4O. The van der Waals surface area contributed by atoms with Crippen LogP contribution in [0, 0.1) is 5.92 Å². The summed E-state index contributed by atoms with van der Waals surface area (Å²) < 4.78 is 0. The molecular weight excluding hydrogens is 443 g/mol. The molecule has 1 aromatic carbocycles. The molecule has 0 amide bonds. The lowest BCUT2D eigenvalue weighted by atomic mass is 9.83. The molecule has 5 rings (SSSR count). The van der Waals surface area contributed by atoms with Crippen LogP contribution in [0.15, 0.2) is 65.9 Å². The number of ketones is 1. The van der Waals surface area contributed by atoms with Crippen LogP contribution < -0.4 is 9.80 Å². The number of hydrogen-bond donors (Lipinski definition) is 0. The van der Waals surface area contributed by atoms with Crippen LogP contribution in [0.4, 0.5) is 11.5 Å². The van der Waals surface area contributed by atoms with E-state index >= 15 is 0 Å². The molecule has 0 bridgehead atoms. The topological polar surface area (TPSA) is 39.7 Å². The molecule has 7 heteroatoms. The summed E-state index contributed by atoms with van der Waals surface area (Å²) in [4.78, 5) is 24.8. The minimum Gasteiger partial charge on any atom is -0.369 e. The van der Waals surface area contributed by atoms with E-state index in [2.05, 4.69) is 25.8 Å². The lowest BCUT2D eigenvalue weighted by molar-refractivity contribution is 0.0926. The first-order chi connectivity index (χ1) is 15.6. The van der Waals surface area contributed by atoms with E-state index in [-0.39, 0.29) is 17.7 Å². The number of rotatable bonds is 5. The quantitative estimate of drug-likeness (QED) is 0.639. The Morgan fingerprint density at radius 1 is 1.03 bits per heavy atom. The predicted molar refractivity (Wildman–Crippen MR) is 131 cm³/mol. The third kappa shape index (κ3) is 4.29. The van der Waals surface area contributed by atoms with E-state index in [0.717, 1.165) is 56.5 Å². The molecule has 2 aliphatic heterocycles. The highest BCUT2D eigenvalue weighted by Crippen LogP contribution is 2.36. The van der Waals surface area contributed by atoms with E-state index in [1.54, 1.807) is 6.20 Å². The second-order valence-corrected chi connectivity index (χ2v) is 9.39. The van der Waals surface area contributed by atoms with Crippen molar-refractivity contribution in [1.82, 2.24) is 9.88 Å². The van der Waals surface area contributed by atoms with Crippen LogP contribution in [0.3, 0.4) is 0 Å². The van der Waals surface area contributed by atoms with Gasteiger partial charge in [-0.1, -0.05) is 41.4 Å². The summed E-state index contributed by atoms with van der Waals surface area (Å²) in [7, 11) is 0. The van der Waals surface area contributed by atoms with Crippen LogP contribution in [0.5, 0.6) is 0 Å². The Bertz CT molecular complexity index is 1060. The second kappa shape index (κ2) is 9.26. The predicted octanol–water partition coefficient (Wildman–Crippen LogP) is 4.63. The Labute approximate surface area is 198 Å². The molecule has 0 saturated carbocycles. The molecule has 1 aromatic heterocycles. The molecule has 1 aliphatic carbocycles. The fraction of sp³-hybridized carbons (Fsp3) is 0.360. The molecule has 2 aromatic rings. The molecule has 5 nitrogen and oxygen atoms in total. The number of fused-ring (bicyclic) bond motifs is 2. The lowest BCUT2D eigenvalue weighted by Crippen LogP contribution is -2.50. The minimum absolute atomic E-state index is 0.0212. The highest BCUT2D eigenvalue weighted by molar-refractivity contribution is 6.31. The molecule has 1 saturated heterocycles. The number of piperazine rings is 1. The summed E-state index contributed by atoms with van der Waals surface area (Å²) in [5.41, 5.74) is 1.89. The molecule has 1 fully saturated rings. The van der Waals surface area contributed by atoms with Crippen LogP contribution in [-0.2, 0) is 0 Å². The van der Waals surface area contributed by atoms with Crippen molar-refractivity contribution >= 4 is 40.5 Å². The summed E-state index contributed by atoms with van der Waals surface area (Å²) >= 11 is 12.4. The van der Waals surface area contributed by atoms with Gasteiger partial charge in [0.15, 0.2) is 5.78 Å². The maximum Gasteiger partial charge on any atom is 0.175 e. The maximum atomic E-state index is 13.0. The van der Waals surface area contributed by atoms with Crippen molar-refractivity contribution in [1.29, 1.82) is 0 Å². The molecule has 3 heterocycles. The number of Topliss-reactive ketones (excluding diaryl/α,β-unsaturated/α-hetero) is 1. The smallest absolute Gasteiger partial charge is 0.175 e. The normalized spacial score (nSPS) is 23.1. The van der Waals surface area contributed by atoms with Crippen LogP contribution in [0.1, 0.15) is 16.8 Å². The standard InChI is InChI=1S/C25H26Cl2N4O/c26-18-4-1-5-20(16-18)30-14-12-29(13-15-30)10-3-11-31-23-8-7-19(27)17-22(23)24(32)21-6-2-9-28-25(21)31/h1-2,4-9,16-17,22-23H,3,10-15H2/t22-,23+/m1/s1. The zero-order valence-electron chi connectivity index (χ0n) is 17.8. The zero-order valence-corrected chi connectivity index (χ0v) is 19.3. The molecule has 32 heavy (non-hydrogen) atoms. The van der Waals surface area contributed by atoms with Crippen molar-refractivity contribution in [3.05, 3.63) is 76.4 Å². The van der Waals surface area contributed by atoms with Gasteiger partial charge in [0.05, 0.1) is 17.5 Å². The van der Waals surface area contributed by atoms with Crippen LogP contribution >= 0.6 is 23.2 Å². The van der Waals surface area contributed by atoms with Gasteiger partial charge in [0.1, 0.15) is 5.82 Å². The van der Waals surface area contributed by atoms with Crippen LogP contribution in [0.25, 0.3) is 0 Å². The van der Waals surface area contributed by atoms with Crippen molar-refractivity contribution in [2.45, 2.75) is 12.5 Å². The molecule has 0 unspecified atom stereocenters. The van der Waals surface area contributed by atoms with Gasteiger partial charge in [0.2, 0.25) is 0 Å².